The summed E-state index contributed by atoms with van der Waals surface area (Å²) in [6, 6.07) is 5.51. The van der Waals surface area contributed by atoms with Crippen LogP contribution in [0.4, 0.5) is 0 Å². The van der Waals surface area contributed by atoms with Crippen molar-refractivity contribution < 1.29 is 14.7 Å². The highest BCUT2D eigenvalue weighted by Gasteiger charge is 2.06. The number of ketones is 1. The van der Waals surface area contributed by atoms with Gasteiger partial charge in [-0.2, -0.15) is 0 Å². The van der Waals surface area contributed by atoms with E-state index in [1.165, 1.54) is 5.56 Å². The summed E-state index contributed by atoms with van der Waals surface area (Å²) in [7, 11) is 0. The lowest BCUT2D eigenvalue weighted by molar-refractivity contribution is -0.131. The van der Waals surface area contributed by atoms with Crippen LogP contribution >= 0.6 is 0 Å². The molecule has 1 rings (SSSR count). The summed E-state index contributed by atoms with van der Waals surface area (Å²) < 4.78 is 0. The molecule has 1 aromatic carbocycles. The highest BCUT2D eigenvalue weighted by atomic mass is 16.4. The minimum absolute atomic E-state index is 0.273. The molecule has 0 aliphatic rings. The van der Waals surface area contributed by atoms with E-state index in [2.05, 4.69) is 6.92 Å². The van der Waals surface area contributed by atoms with Gasteiger partial charge in [-0.05, 0) is 36.1 Å². The summed E-state index contributed by atoms with van der Waals surface area (Å²) in [6.07, 6.45) is 3.75. The van der Waals surface area contributed by atoms with Gasteiger partial charge in [-0.3, -0.25) is 4.79 Å². The Bertz CT molecular complexity index is 459. The molecule has 1 N–H and O–H groups in total. The normalized spacial score (nSPS) is 10.7. The zero-order valence-corrected chi connectivity index (χ0v) is 10.1. The molecule has 0 heterocycles. The van der Waals surface area contributed by atoms with Gasteiger partial charge in [0.25, 0.3) is 0 Å². The number of aryl methyl sites for hydroxylation is 2. The van der Waals surface area contributed by atoms with Gasteiger partial charge in [-0.15, -0.1) is 0 Å². The number of carboxylic acid groups (broad SMARTS) is 1. The molecule has 1 aromatic rings. The zero-order chi connectivity index (χ0) is 12.8. The van der Waals surface area contributed by atoms with Crippen molar-refractivity contribution in [2.75, 3.05) is 0 Å². The van der Waals surface area contributed by atoms with Gasteiger partial charge in [-0.1, -0.05) is 26.0 Å². The van der Waals surface area contributed by atoms with Crippen molar-refractivity contribution in [1.82, 2.24) is 0 Å². The molecule has 0 aliphatic heterocycles. The van der Waals surface area contributed by atoms with Crippen molar-refractivity contribution in [3.05, 3.63) is 47.0 Å². The number of hydrogen-bond donors (Lipinski definition) is 1. The van der Waals surface area contributed by atoms with Gasteiger partial charge in [0.2, 0.25) is 0 Å². The molecule has 0 saturated heterocycles. The fraction of sp³-hybridized carbons (Fsp3) is 0.286. The number of hydrogen-bond acceptors (Lipinski definition) is 2. The average Bonchev–Trinajstić information content (AvgIpc) is 2.34. The minimum Gasteiger partial charge on any atom is -0.478 e. The first kappa shape index (κ1) is 13.2. The third-order valence-corrected chi connectivity index (χ3v) is 2.63. The SMILES string of the molecule is CCc1ccc(C(=O)C=CC(=O)O)cc1CC. The largest absolute Gasteiger partial charge is 0.478 e. The Hall–Kier alpha value is -1.90. The summed E-state index contributed by atoms with van der Waals surface area (Å²) in [6.45, 7) is 4.11. The van der Waals surface area contributed by atoms with Crippen LogP contribution in [0.2, 0.25) is 0 Å². The van der Waals surface area contributed by atoms with E-state index in [1.54, 1.807) is 6.07 Å². The first-order valence-corrected chi connectivity index (χ1v) is 5.65. The Labute approximate surface area is 101 Å². The summed E-state index contributed by atoms with van der Waals surface area (Å²) >= 11 is 0. The van der Waals surface area contributed by atoms with Crippen LogP contribution in [0.25, 0.3) is 0 Å². The maximum Gasteiger partial charge on any atom is 0.328 e. The molecule has 0 amide bonds. The molecule has 90 valence electrons. The zero-order valence-electron chi connectivity index (χ0n) is 10.1. The smallest absolute Gasteiger partial charge is 0.328 e. The lowest BCUT2D eigenvalue weighted by Gasteiger charge is -2.06. The number of carbonyl (C=O) groups is 2. The molecular formula is C14H16O3. The van der Waals surface area contributed by atoms with E-state index in [0.29, 0.717) is 5.56 Å². The quantitative estimate of drug-likeness (QED) is 0.627. The van der Waals surface area contributed by atoms with Crippen LogP contribution in [0.3, 0.4) is 0 Å². The van der Waals surface area contributed by atoms with Crippen LogP contribution in [-0.4, -0.2) is 16.9 Å². The number of rotatable bonds is 5. The molecule has 3 heteroatoms. The molecule has 0 unspecified atom stereocenters. The van der Waals surface area contributed by atoms with E-state index in [-0.39, 0.29) is 5.78 Å². The van der Waals surface area contributed by atoms with Crippen molar-refractivity contribution in [2.24, 2.45) is 0 Å². The molecule has 0 aromatic heterocycles. The maximum atomic E-state index is 11.7. The summed E-state index contributed by atoms with van der Waals surface area (Å²) in [5, 5.41) is 8.45. The molecule has 0 bridgehead atoms. The fourth-order valence-electron chi connectivity index (χ4n) is 1.70. The first-order valence-electron chi connectivity index (χ1n) is 5.65. The topological polar surface area (TPSA) is 54.4 Å². The second-order valence-electron chi connectivity index (χ2n) is 3.73. The second kappa shape index (κ2) is 5.99. The van der Waals surface area contributed by atoms with Crippen LogP contribution in [-0.2, 0) is 17.6 Å². The Morgan fingerprint density at radius 2 is 1.76 bits per heavy atom. The maximum absolute atomic E-state index is 11.7. The standard InChI is InChI=1S/C14H16O3/c1-3-10-5-6-12(9-11(10)4-2)13(15)7-8-14(16)17/h5-9H,3-4H2,1-2H3,(H,16,17). The van der Waals surface area contributed by atoms with Gasteiger partial charge in [0, 0.05) is 11.6 Å². The van der Waals surface area contributed by atoms with E-state index in [1.807, 2.05) is 19.1 Å². The lowest BCUT2D eigenvalue weighted by Crippen LogP contribution is -2.00. The molecule has 0 atom stereocenters. The Balaban J connectivity index is 2.99. The predicted molar refractivity (Wildman–Crippen MR) is 66.3 cm³/mol. The summed E-state index contributed by atoms with van der Waals surface area (Å²) in [5.74, 6) is -1.39. The highest BCUT2D eigenvalue weighted by molar-refractivity contribution is 6.06. The molecule has 17 heavy (non-hydrogen) atoms. The Morgan fingerprint density at radius 3 is 2.29 bits per heavy atom. The van der Waals surface area contributed by atoms with Crippen LogP contribution in [0, 0.1) is 0 Å². The van der Waals surface area contributed by atoms with E-state index in [4.69, 9.17) is 5.11 Å². The second-order valence-corrected chi connectivity index (χ2v) is 3.73. The molecule has 0 fully saturated rings. The van der Waals surface area contributed by atoms with Crippen LogP contribution in [0.15, 0.2) is 30.4 Å². The number of aliphatic carboxylic acids is 1. The number of carbonyl (C=O) groups excluding carboxylic acids is 1. The predicted octanol–water partition coefficient (Wildman–Crippen LogP) is 2.63. The number of carboxylic acids is 1. The molecule has 3 nitrogen and oxygen atoms in total. The Kier molecular flexibility index (Phi) is 4.64. The van der Waals surface area contributed by atoms with Crippen LogP contribution < -0.4 is 0 Å². The minimum atomic E-state index is -1.11. The van der Waals surface area contributed by atoms with Crippen LogP contribution in [0.5, 0.6) is 0 Å². The first-order chi connectivity index (χ1) is 8.08. The van der Waals surface area contributed by atoms with E-state index >= 15 is 0 Å². The van der Waals surface area contributed by atoms with E-state index in [9.17, 15) is 9.59 Å². The van der Waals surface area contributed by atoms with Gasteiger partial charge in [0.05, 0.1) is 0 Å². The van der Waals surface area contributed by atoms with Gasteiger partial charge in [0.15, 0.2) is 5.78 Å². The van der Waals surface area contributed by atoms with E-state index < -0.39 is 5.97 Å². The summed E-state index contributed by atoms with van der Waals surface area (Å²) in [5.41, 5.74) is 2.91. The van der Waals surface area contributed by atoms with Crippen molar-refractivity contribution in [3.63, 3.8) is 0 Å². The molecular weight excluding hydrogens is 216 g/mol. The number of benzene rings is 1. The third kappa shape index (κ3) is 3.55. The van der Waals surface area contributed by atoms with Crippen molar-refractivity contribution >= 4 is 11.8 Å². The van der Waals surface area contributed by atoms with Gasteiger partial charge in [0.1, 0.15) is 0 Å². The molecule has 0 saturated carbocycles. The van der Waals surface area contributed by atoms with Crippen LogP contribution in [0.1, 0.15) is 35.3 Å². The average molecular weight is 232 g/mol. The van der Waals surface area contributed by atoms with Gasteiger partial charge < -0.3 is 5.11 Å². The van der Waals surface area contributed by atoms with E-state index in [0.717, 1.165) is 30.6 Å². The van der Waals surface area contributed by atoms with Gasteiger partial charge >= 0.3 is 5.97 Å². The lowest BCUT2D eigenvalue weighted by atomic mass is 9.98. The monoisotopic (exact) mass is 232 g/mol. The van der Waals surface area contributed by atoms with Gasteiger partial charge in [-0.25, -0.2) is 4.79 Å². The molecule has 0 aliphatic carbocycles. The molecule has 0 radical (unpaired) electrons. The third-order valence-electron chi connectivity index (χ3n) is 2.63. The Morgan fingerprint density at radius 1 is 1.12 bits per heavy atom. The number of allylic oxidation sites excluding steroid dienone is 1. The summed E-state index contributed by atoms with van der Waals surface area (Å²) in [4.78, 5) is 22.0. The fourth-order valence-corrected chi connectivity index (χ4v) is 1.70. The highest BCUT2D eigenvalue weighted by Crippen LogP contribution is 2.14. The van der Waals surface area contributed by atoms with Crippen molar-refractivity contribution in [3.8, 4) is 0 Å². The van der Waals surface area contributed by atoms with Crippen molar-refractivity contribution in [1.29, 1.82) is 0 Å². The van der Waals surface area contributed by atoms with Crippen molar-refractivity contribution in [2.45, 2.75) is 26.7 Å². The molecule has 0 spiro atoms.